The van der Waals surface area contributed by atoms with Gasteiger partial charge in [0.25, 0.3) is 5.91 Å². The maximum atomic E-state index is 13.0. The van der Waals surface area contributed by atoms with Crippen molar-refractivity contribution in [3.8, 4) is 11.5 Å². The average Bonchev–Trinajstić information content (AvgIpc) is 3.05. The van der Waals surface area contributed by atoms with Gasteiger partial charge in [-0.3, -0.25) is 9.48 Å². The highest BCUT2D eigenvalue weighted by molar-refractivity contribution is 7.89. The highest BCUT2D eigenvalue weighted by atomic mass is 32.2. The van der Waals surface area contributed by atoms with E-state index in [0.29, 0.717) is 30.2 Å². The summed E-state index contributed by atoms with van der Waals surface area (Å²) in [5.74, 6) is 0.682. The third kappa shape index (κ3) is 3.57. The second-order valence-corrected chi connectivity index (χ2v) is 8.42. The molecule has 1 fully saturated rings. The van der Waals surface area contributed by atoms with Crippen molar-refractivity contribution < 1.29 is 22.7 Å². The number of aryl methyl sites for hydroxylation is 1. The molecule has 1 amide bonds. The second-order valence-electron chi connectivity index (χ2n) is 6.48. The molecule has 1 aliphatic rings. The number of hydrogen-bond donors (Lipinski definition) is 0. The Labute approximate surface area is 164 Å². The molecule has 1 aromatic carbocycles. The Balaban J connectivity index is 1.73. The van der Waals surface area contributed by atoms with E-state index in [4.69, 9.17) is 9.47 Å². The molecule has 1 saturated heterocycles. The fourth-order valence-corrected chi connectivity index (χ4v) is 4.57. The minimum Gasteiger partial charge on any atom is -0.493 e. The van der Waals surface area contributed by atoms with Crippen molar-refractivity contribution in [3.63, 3.8) is 0 Å². The van der Waals surface area contributed by atoms with Gasteiger partial charge in [0, 0.05) is 45.0 Å². The van der Waals surface area contributed by atoms with Gasteiger partial charge in [-0.25, -0.2) is 8.42 Å². The lowest BCUT2D eigenvalue weighted by atomic mass is 10.2. The Morgan fingerprint density at radius 3 is 2.25 bits per heavy atom. The van der Waals surface area contributed by atoms with Crippen LogP contribution in [0, 0.1) is 6.92 Å². The number of ether oxygens (including phenoxy) is 2. The predicted octanol–water partition coefficient (Wildman–Crippen LogP) is 0.892. The van der Waals surface area contributed by atoms with Gasteiger partial charge in [-0.15, -0.1) is 0 Å². The zero-order valence-electron chi connectivity index (χ0n) is 16.4. The second kappa shape index (κ2) is 7.80. The van der Waals surface area contributed by atoms with Gasteiger partial charge in [-0.2, -0.15) is 9.40 Å². The third-order valence-electron chi connectivity index (χ3n) is 4.98. The van der Waals surface area contributed by atoms with Crippen molar-refractivity contribution in [1.29, 1.82) is 0 Å². The molecule has 28 heavy (non-hydrogen) atoms. The van der Waals surface area contributed by atoms with Crippen LogP contribution in [0.2, 0.25) is 0 Å². The summed E-state index contributed by atoms with van der Waals surface area (Å²) in [6.45, 7) is 2.92. The average molecular weight is 408 g/mol. The summed E-state index contributed by atoms with van der Waals surface area (Å²) >= 11 is 0. The van der Waals surface area contributed by atoms with Crippen LogP contribution in [0.1, 0.15) is 16.1 Å². The molecule has 2 aromatic rings. The van der Waals surface area contributed by atoms with Crippen LogP contribution in [0.25, 0.3) is 0 Å². The Kier molecular flexibility index (Phi) is 5.61. The summed E-state index contributed by atoms with van der Waals surface area (Å²) in [5.41, 5.74) is 1.32. The standard InChI is InChI=1S/C18H24N4O5S/c1-13-15(12-19-20(13)2)18(23)21-7-9-22(10-8-21)28(24,25)14-5-6-16(26-3)17(11-14)27-4/h5-6,11-12H,7-10H2,1-4H3. The maximum Gasteiger partial charge on any atom is 0.257 e. The molecular weight excluding hydrogens is 384 g/mol. The molecule has 0 radical (unpaired) electrons. The summed E-state index contributed by atoms with van der Waals surface area (Å²) < 4.78 is 39.3. The number of carbonyl (C=O) groups is 1. The first kappa shape index (κ1) is 20.2. The molecule has 0 bridgehead atoms. The van der Waals surface area contributed by atoms with E-state index in [1.807, 2.05) is 6.92 Å². The van der Waals surface area contributed by atoms with Crippen LogP contribution in [0.5, 0.6) is 11.5 Å². The smallest absolute Gasteiger partial charge is 0.257 e. The number of rotatable bonds is 5. The largest absolute Gasteiger partial charge is 0.493 e. The van der Waals surface area contributed by atoms with Crippen molar-refractivity contribution in [3.05, 3.63) is 35.7 Å². The monoisotopic (exact) mass is 408 g/mol. The lowest BCUT2D eigenvalue weighted by Crippen LogP contribution is -2.50. The summed E-state index contributed by atoms with van der Waals surface area (Å²) in [7, 11) is 1.03. The van der Waals surface area contributed by atoms with E-state index in [-0.39, 0.29) is 23.9 Å². The summed E-state index contributed by atoms with van der Waals surface area (Å²) in [6.07, 6.45) is 1.55. The fourth-order valence-electron chi connectivity index (χ4n) is 3.14. The van der Waals surface area contributed by atoms with E-state index in [9.17, 15) is 13.2 Å². The maximum absolute atomic E-state index is 13.0. The number of hydrogen-bond acceptors (Lipinski definition) is 6. The summed E-state index contributed by atoms with van der Waals surface area (Å²) in [5, 5.41) is 4.10. The van der Waals surface area contributed by atoms with Crippen LogP contribution >= 0.6 is 0 Å². The van der Waals surface area contributed by atoms with Crippen LogP contribution in [0.3, 0.4) is 0 Å². The van der Waals surface area contributed by atoms with E-state index in [1.165, 1.54) is 30.7 Å². The Morgan fingerprint density at radius 2 is 1.71 bits per heavy atom. The molecule has 0 aliphatic carbocycles. The molecular formula is C18H24N4O5S. The molecule has 152 valence electrons. The van der Waals surface area contributed by atoms with Gasteiger partial charge >= 0.3 is 0 Å². The van der Waals surface area contributed by atoms with Crippen LogP contribution in [0.15, 0.2) is 29.3 Å². The van der Waals surface area contributed by atoms with Gasteiger partial charge < -0.3 is 14.4 Å². The fraction of sp³-hybridized carbons (Fsp3) is 0.444. The van der Waals surface area contributed by atoms with Gasteiger partial charge in [0.2, 0.25) is 10.0 Å². The zero-order chi connectivity index (χ0) is 20.5. The molecule has 3 rings (SSSR count). The molecule has 10 heteroatoms. The van der Waals surface area contributed by atoms with Crippen molar-refractivity contribution >= 4 is 15.9 Å². The molecule has 2 heterocycles. The summed E-state index contributed by atoms with van der Waals surface area (Å²) in [6, 6.07) is 4.51. The first-order valence-electron chi connectivity index (χ1n) is 8.79. The number of sulfonamides is 1. The number of piperazine rings is 1. The number of amides is 1. The van der Waals surface area contributed by atoms with Crippen LogP contribution in [0.4, 0.5) is 0 Å². The van der Waals surface area contributed by atoms with Crippen LogP contribution < -0.4 is 9.47 Å². The molecule has 0 saturated carbocycles. The number of aromatic nitrogens is 2. The molecule has 1 aromatic heterocycles. The van der Waals surface area contributed by atoms with Crippen molar-refractivity contribution in [2.24, 2.45) is 7.05 Å². The number of nitrogens with zero attached hydrogens (tertiary/aromatic N) is 4. The van der Waals surface area contributed by atoms with Crippen LogP contribution in [-0.4, -0.2) is 73.7 Å². The molecule has 0 unspecified atom stereocenters. The SMILES string of the molecule is COc1ccc(S(=O)(=O)N2CCN(C(=O)c3cnn(C)c3C)CC2)cc1OC. The number of benzene rings is 1. The van der Waals surface area contributed by atoms with Crippen molar-refractivity contribution in [2.45, 2.75) is 11.8 Å². The Hall–Kier alpha value is -2.59. The van der Waals surface area contributed by atoms with E-state index < -0.39 is 10.0 Å². The minimum absolute atomic E-state index is 0.131. The molecule has 0 spiro atoms. The molecule has 0 atom stereocenters. The first-order valence-corrected chi connectivity index (χ1v) is 10.2. The quantitative estimate of drug-likeness (QED) is 0.729. The van der Waals surface area contributed by atoms with Gasteiger partial charge in [-0.1, -0.05) is 0 Å². The van der Waals surface area contributed by atoms with E-state index in [1.54, 1.807) is 28.9 Å². The molecule has 0 N–H and O–H groups in total. The number of carbonyl (C=O) groups excluding carboxylic acids is 1. The highest BCUT2D eigenvalue weighted by Gasteiger charge is 2.31. The van der Waals surface area contributed by atoms with Crippen LogP contribution in [-0.2, 0) is 17.1 Å². The topological polar surface area (TPSA) is 94.0 Å². The third-order valence-corrected chi connectivity index (χ3v) is 6.88. The zero-order valence-corrected chi connectivity index (χ0v) is 17.2. The molecule has 9 nitrogen and oxygen atoms in total. The Bertz CT molecular complexity index is 978. The molecule has 1 aliphatic heterocycles. The van der Waals surface area contributed by atoms with Gasteiger partial charge in [0.15, 0.2) is 11.5 Å². The normalized spacial score (nSPS) is 15.5. The van der Waals surface area contributed by atoms with E-state index >= 15 is 0 Å². The van der Waals surface area contributed by atoms with Gasteiger partial charge in [-0.05, 0) is 19.1 Å². The van der Waals surface area contributed by atoms with Gasteiger partial charge in [0.1, 0.15) is 0 Å². The van der Waals surface area contributed by atoms with Crippen molar-refractivity contribution in [2.75, 3.05) is 40.4 Å². The van der Waals surface area contributed by atoms with E-state index in [0.717, 1.165) is 5.69 Å². The Morgan fingerprint density at radius 1 is 1.07 bits per heavy atom. The van der Waals surface area contributed by atoms with Crippen molar-refractivity contribution in [1.82, 2.24) is 19.0 Å². The predicted molar refractivity (Wildman–Crippen MR) is 102 cm³/mol. The highest BCUT2D eigenvalue weighted by Crippen LogP contribution is 2.31. The number of methoxy groups -OCH3 is 2. The lowest BCUT2D eigenvalue weighted by molar-refractivity contribution is 0.0697. The lowest BCUT2D eigenvalue weighted by Gasteiger charge is -2.34. The van der Waals surface area contributed by atoms with E-state index in [2.05, 4.69) is 5.10 Å². The minimum atomic E-state index is -3.69. The van der Waals surface area contributed by atoms with Gasteiger partial charge in [0.05, 0.1) is 30.9 Å². The summed E-state index contributed by atoms with van der Waals surface area (Å²) in [4.78, 5) is 14.5. The first-order chi connectivity index (χ1) is 13.3.